The van der Waals surface area contributed by atoms with Crippen molar-refractivity contribution in [2.75, 3.05) is 6.54 Å². The van der Waals surface area contributed by atoms with Crippen LogP contribution in [0.2, 0.25) is 5.02 Å². The molecule has 5 heteroatoms. The molecule has 2 aromatic carbocycles. The molecule has 0 aliphatic carbocycles. The number of quaternary nitrogens is 1. The van der Waals surface area contributed by atoms with Crippen molar-refractivity contribution in [1.29, 1.82) is 0 Å². The van der Waals surface area contributed by atoms with Gasteiger partial charge >= 0.3 is 0 Å². The molecule has 1 atom stereocenters. The SMILES string of the molecule is CC[NH2+][C@@H](C)c1nc2cc(Cl)ccc2c(=O)n1-c1ccc(C)cc1. The van der Waals surface area contributed by atoms with Gasteiger partial charge in [-0.2, -0.15) is 0 Å². The van der Waals surface area contributed by atoms with Crippen LogP contribution in [0.4, 0.5) is 0 Å². The second-order valence-electron chi connectivity index (χ2n) is 6.04. The lowest BCUT2D eigenvalue weighted by Gasteiger charge is -2.17. The molecule has 0 saturated carbocycles. The molecule has 0 saturated heterocycles. The first-order valence-corrected chi connectivity index (χ1v) is 8.51. The first-order valence-electron chi connectivity index (χ1n) is 8.14. The van der Waals surface area contributed by atoms with E-state index in [-0.39, 0.29) is 11.6 Å². The maximum absolute atomic E-state index is 13.1. The number of fused-ring (bicyclic) bond motifs is 1. The van der Waals surface area contributed by atoms with Gasteiger partial charge in [0.25, 0.3) is 5.56 Å². The summed E-state index contributed by atoms with van der Waals surface area (Å²) in [6.07, 6.45) is 0. The molecule has 1 aromatic heterocycles. The number of benzene rings is 2. The van der Waals surface area contributed by atoms with Crippen LogP contribution < -0.4 is 10.9 Å². The van der Waals surface area contributed by atoms with Gasteiger partial charge in [-0.25, -0.2) is 4.98 Å². The lowest BCUT2D eigenvalue weighted by Crippen LogP contribution is -2.84. The van der Waals surface area contributed by atoms with Crippen molar-refractivity contribution < 1.29 is 5.32 Å². The minimum atomic E-state index is -0.0631. The number of hydrogen-bond acceptors (Lipinski definition) is 2. The first-order chi connectivity index (χ1) is 11.5. The van der Waals surface area contributed by atoms with E-state index in [1.165, 1.54) is 0 Å². The third kappa shape index (κ3) is 3.07. The summed E-state index contributed by atoms with van der Waals surface area (Å²) >= 11 is 6.08. The molecule has 3 rings (SSSR count). The molecule has 3 aromatic rings. The van der Waals surface area contributed by atoms with Gasteiger partial charge in [0.15, 0.2) is 5.82 Å². The third-order valence-corrected chi connectivity index (χ3v) is 4.38. The topological polar surface area (TPSA) is 51.5 Å². The molecule has 0 fully saturated rings. The second-order valence-corrected chi connectivity index (χ2v) is 6.48. The van der Waals surface area contributed by atoms with Gasteiger partial charge < -0.3 is 5.32 Å². The van der Waals surface area contributed by atoms with E-state index in [0.29, 0.717) is 15.9 Å². The summed E-state index contributed by atoms with van der Waals surface area (Å²) in [6.45, 7) is 7.09. The fourth-order valence-electron chi connectivity index (χ4n) is 2.88. The Balaban J connectivity index is 2.33. The highest BCUT2D eigenvalue weighted by Crippen LogP contribution is 2.19. The van der Waals surface area contributed by atoms with Gasteiger partial charge in [-0.05, 0) is 51.1 Å². The Morgan fingerprint density at radius 2 is 1.92 bits per heavy atom. The van der Waals surface area contributed by atoms with Crippen molar-refractivity contribution in [2.45, 2.75) is 26.8 Å². The van der Waals surface area contributed by atoms with Crippen LogP contribution in [0.3, 0.4) is 0 Å². The smallest absolute Gasteiger partial charge is 0.266 e. The monoisotopic (exact) mass is 342 g/mol. The summed E-state index contributed by atoms with van der Waals surface area (Å²) in [5.41, 5.74) is 2.57. The minimum Gasteiger partial charge on any atom is -0.338 e. The maximum Gasteiger partial charge on any atom is 0.266 e. The summed E-state index contributed by atoms with van der Waals surface area (Å²) in [5.74, 6) is 0.737. The zero-order valence-corrected chi connectivity index (χ0v) is 14.8. The van der Waals surface area contributed by atoms with Crippen molar-refractivity contribution >= 4 is 22.5 Å². The van der Waals surface area contributed by atoms with Crippen LogP contribution in [0.1, 0.15) is 31.3 Å². The van der Waals surface area contributed by atoms with Crippen molar-refractivity contribution in [1.82, 2.24) is 9.55 Å². The van der Waals surface area contributed by atoms with Gasteiger partial charge in [-0.3, -0.25) is 9.36 Å². The van der Waals surface area contributed by atoms with Crippen molar-refractivity contribution in [2.24, 2.45) is 0 Å². The highest BCUT2D eigenvalue weighted by molar-refractivity contribution is 6.31. The van der Waals surface area contributed by atoms with Crippen LogP contribution in [0.5, 0.6) is 0 Å². The Morgan fingerprint density at radius 3 is 2.58 bits per heavy atom. The summed E-state index contributed by atoms with van der Waals surface area (Å²) < 4.78 is 1.71. The largest absolute Gasteiger partial charge is 0.338 e. The lowest BCUT2D eigenvalue weighted by molar-refractivity contribution is -0.691. The molecule has 0 aliphatic heterocycles. The molecule has 1 heterocycles. The molecule has 0 radical (unpaired) electrons. The molecule has 2 N–H and O–H groups in total. The molecule has 0 aliphatic rings. The van der Waals surface area contributed by atoms with Crippen LogP contribution in [-0.4, -0.2) is 16.1 Å². The normalized spacial score (nSPS) is 12.5. The zero-order valence-electron chi connectivity index (χ0n) is 14.1. The lowest BCUT2D eigenvalue weighted by atomic mass is 10.2. The number of rotatable bonds is 4. The van der Waals surface area contributed by atoms with Gasteiger partial charge in [0.2, 0.25) is 0 Å². The molecule has 0 unspecified atom stereocenters. The van der Waals surface area contributed by atoms with E-state index in [9.17, 15) is 4.79 Å². The number of aryl methyl sites for hydroxylation is 1. The average Bonchev–Trinajstić information content (AvgIpc) is 2.55. The highest BCUT2D eigenvalue weighted by Gasteiger charge is 2.19. The Hall–Kier alpha value is -2.17. The van der Waals surface area contributed by atoms with E-state index >= 15 is 0 Å². The Morgan fingerprint density at radius 1 is 1.21 bits per heavy atom. The van der Waals surface area contributed by atoms with Crippen LogP contribution >= 0.6 is 11.6 Å². The molecule has 4 nitrogen and oxygen atoms in total. The molecule has 0 bridgehead atoms. The van der Waals surface area contributed by atoms with Crippen LogP contribution in [0, 0.1) is 6.92 Å². The molecular formula is C19H21ClN3O+. The van der Waals surface area contributed by atoms with Gasteiger partial charge in [0.05, 0.1) is 23.1 Å². The molecule has 0 amide bonds. The Kier molecular flexibility index (Phi) is 4.69. The van der Waals surface area contributed by atoms with E-state index in [4.69, 9.17) is 16.6 Å². The first kappa shape index (κ1) is 16.7. The summed E-state index contributed by atoms with van der Waals surface area (Å²) in [4.78, 5) is 17.9. The second kappa shape index (κ2) is 6.75. The summed E-state index contributed by atoms with van der Waals surface area (Å²) in [5, 5.41) is 3.32. The van der Waals surface area contributed by atoms with E-state index in [0.717, 1.165) is 23.6 Å². The van der Waals surface area contributed by atoms with Crippen molar-refractivity contribution in [3.63, 3.8) is 0 Å². The van der Waals surface area contributed by atoms with Crippen molar-refractivity contribution in [3.05, 3.63) is 69.2 Å². The van der Waals surface area contributed by atoms with E-state index in [1.54, 1.807) is 22.8 Å². The van der Waals surface area contributed by atoms with Gasteiger partial charge in [-0.1, -0.05) is 29.3 Å². The number of aromatic nitrogens is 2. The van der Waals surface area contributed by atoms with E-state index < -0.39 is 0 Å². The third-order valence-electron chi connectivity index (χ3n) is 4.15. The van der Waals surface area contributed by atoms with Crippen LogP contribution in [0.15, 0.2) is 47.3 Å². The molecular weight excluding hydrogens is 322 g/mol. The standard InChI is InChI=1S/C19H20ClN3O/c1-4-21-13(3)18-22-17-11-14(20)7-10-16(17)19(24)23(18)15-8-5-12(2)6-9-15/h5-11,13,21H,4H2,1-3H3/p+1/t13-/m0/s1. The average molecular weight is 343 g/mol. The van der Waals surface area contributed by atoms with Crippen molar-refractivity contribution in [3.8, 4) is 5.69 Å². The van der Waals surface area contributed by atoms with E-state index in [2.05, 4.69) is 19.2 Å². The zero-order chi connectivity index (χ0) is 17.3. The number of hydrogen-bond donors (Lipinski definition) is 1. The summed E-state index contributed by atoms with van der Waals surface area (Å²) in [7, 11) is 0. The Bertz CT molecular complexity index is 932. The van der Waals surface area contributed by atoms with Crippen LogP contribution in [-0.2, 0) is 0 Å². The number of halogens is 1. The van der Waals surface area contributed by atoms with E-state index in [1.807, 2.05) is 31.2 Å². The number of nitrogens with zero attached hydrogens (tertiary/aromatic N) is 2. The molecule has 0 spiro atoms. The minimum absolute atomic E-state index is 0.0624. The Labute approximate surface area is 146 Å². The fourth-order valence-corrected chi connectivity index (χ4v) is 3.05. The quantitative estimate of drug-likeness (QED) is 0.792. The predicted octanol–water partition coefficient (Wildman–Crippen LogP) is 2.99. The number of nitrogens with two attached hydrogens (primary N) is 1. The van der Waals surface area contributed by atoms with Crippen LogP contribution in [0.25, 0.3) is 16.6 Å². The maximum atomic E-state index is 13.1. The van der Waals surface area contributed by atoms with Gasteiger partial charge in [0, 0.05) is 5.02 Å². The van der Waals surface area contributed by atoms with Gasteiger partial charge in [-0.15, -0.1) is 0 Å². The predicted molar refractivity (Wildman–Crippen MR) is 98.0 cm³/mol. The summed E-state index contributed by atoms with van der Waals surface area (Å²) in [6, 6.07) is 13.2. The van der Waals surface area contributed by atoms with Gasteiger partial charge in [0.1, 0.15) is 6.04 Å². The molecule has 124 valence electrons. The molecule has 24 heavy (non-hydrogen) atoms. The highest BCUT2D eigenvalue weighted by atomic mass is 35.5. The fraction of sp³-hybridized carbons (Fsp3) is 0.263.